The summed E-state index contributed by atoms with van der Waals surface area (Å²) in [5.74, 6) is -1.01. The minimum absolute atomic E-state index is 0.246. The van der Waals surface area contributed by atoms with Gasteiger partial charge in [0, 0.05) is 17.0 Å². The van der Waals surface area contributed by atoms with Gasteiger partial charge in [0.2, 0.25) is 0 Å². The molecule has 1 unspecified atom stereocenters. The van der Waals surface area contributed by atoms with Crippen molar-refractivity contribution in [2.75, 3.05) is 7.05 Å². The van der Waals surface area contributed by atoms with E-state index in [-0.39, 0.29) is 6.04 Å². The monoisotopic (exact) mass is 295 g/mol. The van der Waals surface area contributed by atoms with E-state index in [2.05, 4.69) is 22.8 Å². The van der Waals surface area contributed by atoms with Crippen LogP contribution in [0.5, 0.6) is 0 Å². The summed E-state index contributed by atoms with van der Waals surface area (Å²) in [6.07, 6.45) is 3.78. The van der Waals surface area contributed by atoms with Crippen LogP contribution in [0.4, 0.5) is 8.78 Å². The highest BCUT2D eigenvalue weighted by atomic mass is 32.1. The minimum atomic E-state index is -0.506. The van der Waals surface area contributed by atoms with Crippen molar-refractivity contribution in [2.45, 2.75) is 31.7 Å². The molecule has 0 amide bonds. The summed E-state index contributed by atoms with van der Waals surface area (Å²) in [4.78, 5) is 1.39. The van der Waals surface area contributed by atoms with Crippen molar-refractivity contribution in [3.05, 3.63) is 57.8 Å². The number of halogens is 2. The smallest absolute Gasteiger partial charge is 0.126 e. The van der Waals surface area contributed by atoms with E-state index in [1.165, 1.54) is 17.0 Å². The fourth-order valence-electron chi connectivity index (χ4n) is 2.34. The molecule has 0 radical (unpaired) electrons. The van der Waals surface area contributed by atoms with Crippen LogP contribution in [-0.2, 0) is 12.8 Å². The van der Waals surface area contributed by atoms with Crippen LogP contribution in [0.25, 0.3) is 0 Å². The molecule has 0 saturated carbocycles. The highest BCUT2D eigenvalue weighted by Gasteiger charge is 2.09. The molecule has 2 rings (SSSR count). The minimum Gasteiger partial charge on any atom is -0.317 e. The number of likely N-dealkylation sites (N-methyl/N-ethyl adjacent to an activating group) is 1. The van der Waals surface area contributed by atoms with Crippen molar-refractivity contribution < 1.29 is 8.78 Å². The lowest BCUT2D eigenvalue weighted by Gasteiger charge is -2.16. The van der Waals surface area contributed by atoms with E-state index in [4.69, 9.17) is 0 Å². The first kappa shape index (κ1) is 15.1. The number of benzene rings is 1. The molecule has 1 N–H and O–H groups in total. The molecule has 1 heterocycles. The van der Waals surface area contributed by atoms with Crippen LogP contribution in [0.1, 0.15) is 23.3 Å². The average molecular weight is 295 g/mol. The topological polar surface area (TPSA) is 12.0 Å². The summed E-state index contributed by atoms with van der Waals surface area (Å²) in [5.41, 5.74) is 0.706. The molecule has 1 nitrogen and oxygen atoms in total. The Morgan fingerprint density at radius 3 is 2.55 bits per heavy atom. The van der Waals surface area contributed by atoms with Gasteiger partial charge in [0.25, 0.3) is 0 Å². The van der Waals surface area contributed by atoms with Crippen molar-refractivity contribution in [1.29, 1.82) is 0 Å². The first-order chi connectivity index (χ1) is 9.67. The van der Waals surface area contributed by atoms with Gasteiger partial charge >= 0.3 is 0 Å². The number of aryl methyl sites for hydroxylation is 1. The Balaban J connectivity index is 1.85. The molecule has 0 spiro atoms. The molecular weight excluding hydrogens is 276 g/mol. The fraction of sp³-hybridized carbons (Fsp3) is 0.375. The van der Waals surface area contributed by atoms with Gasteiger partial charge in [-0.15, -0.1) is 11.3 Å². The van der Waals surface area contributed by atoms with E-state index in [1.54, 1.807) is 11.3 Å². The molecule has 0 saturated heterocycles. The van der Waals surface area contributed by atoms with Gasteiger partial charge in [0.1, 0.15) is 11.6 Å². The Morgan fingerprint density at radius 1 is 1.20 bits per heavy atom. The average Bonchev–Trinajstić information content (AvgIpc) is 2.89. The Morgan fingerprint density at radius 2 is 1.95 bits per heavy atom. The van der Waals surface area contributed by atoms with Gasteiger partial charge in [0.15, 0.2) is 0 Å². The molecule has 1 aromatic carbocycles. The van der Waals surface area contributed by atoms with Gasteiger partial charge in [-0.3, -0.25) is 0 Å². The summed E-state index contributed by atoms with van der Waals surface area (Å²) >= 11 is 1.77. The number of nitrogens with one attached hydrogen (secondary N) is 1. The van der Waals surface area contributed by atoms with Crippen LogP contribution in [0.3, 0.4) is 0 Å². The summed E-state index contributed by atoms with van der Waals surface area (Å²) in [7, 11) is 1.89. The van der Waals surface area contributed by atoms with Crippen molar-refractivity contribution in [3.8, 4) is 0 Å². The fourth-order valence-corrected chi connectivity index (χ4v) is 3.09. The van der Waals surface area contributed by atoms with E-state index in [0.717, 1.165) is 25.3 Å². The van der Waals surface area contributed by atoms with E-state index >= 15 is 0 Å². The maximum atomic E-state index is 13.2. The van der Waals surface area contributed by atoms with Gasteiger partial charge in [-0.25, -0.2) is 8.78 Å². The van der Waals surface area contributed by atoms with Gasteiger partial charge < -0.3 is 5.32 Å². The molecular formula is C16H19F2NS. The zero-order chi connectivity index (χ0) is 14.4. The molecule has 0 aliphatic rings. The second kappa shape index (κ2) is 7.50. The van der Waals surface area contributed by atoms with Crippen molar-refractivity contribution >= 4 is 11.3 Å². The number of hydrogen-bond acceptors (Lipinski definition) is 2. The molecule has 4 heteroatoms. The molecule has 0 aliphatic carbocycles. The third-order valence-corrected chi connectivity index (χ3v) is 4.30. The Bertz CT molecular complexity index is 505. The number of hydrogen-bond donors (Lipinski definition) is 1. The molecule has 1 atom stereocenters. The summed E-state index contributed by atoms with van der Waals surface area (Å²) in [6.45, 7) is 0. The van der Waals surface area contributed by atoms with Crippen LogP contribution in [0, 0.1) is 11.6 Å². The van der Waals surface area contributed by atoms with Crippen LogP contribution < -0.4 is 5.32 Å². The van der Waals surface area contributed by atoms with Gasteiger partial charge in [-0.2, -0.15) is 0 Å². The Kier molecular flexibility index (Phi) is 5.68. The predicted molar refractivity (Wildman–Crippen MR) is 80.2 cm³/mol. The molecule has 0 fully saturated rings. The SMILES string of the molecule is CNC(CCCc1cccs1)Cc1cc(F)cc(F)c1. The summed E-state index contributed by atoms with van der Waals surface area (Å²) in [5, 5.41) is 5.31. The Labute approximate surface area is 122 Å². The second-order valence-electron chi connectivity index (χ2n) is 4.94. The van der Waals surface area contributed by atoms with Crippen LogP contribution >= 0.6 is 11.3 Å². The molecule has 20 heavy (non-hydrogen) atoms. The molecule has 2 aromatic rings. The first-order valence-corrected chi connectivity index (χ1v) is 7.70. The zero-order valence-corrected chi connectivity index (χ0v) is 12.4. The number of thiophene rings is 1. The first-order valence-electron chi connectivity index (χ1n) is 6.82. The second-order valence-corrected chi connectivity index (χ2v) is 5.97. The summed E-state index contributed by atoms with van der Waals surface area (Å²) < 4.78 is 26.3. The number of rotatable bonds is 7. The van der Waals surface area contributed by atoms with E-state index in [1.807, 2.05) is 7.05 Å². The predicted octanol–water partition coefficient (Wildman–Crippen LogP) is 4.18. The lowest BCUT2D eigenvalue weighted by molar-refractivity contribution is 0.498. The van der Waals surface area contributed by atoms with Crippen LogP contribution in [0.15, 0.2) is 35.7 Å². The highest BCUT2D eigenvalue weighted by Crippen LogP contribution is 2.15. The van der Waals surface area contributed by atoms with E-state index in [9.17, 15) is 8.78 Å². The third-order valence-electron chi connectivity index (χ3n) is 3.37. The highest BCUT2D eigenvalue weighted by molar-refractivity contribution is 7.09. The molecule has 0 bridgehead atoms. The maximum Gasteiger partial charge on any atom is 0.126 e. The standard InChI is InChI=1S/C16H19F2NS/c1-19-15(4-2-5-16-6-3-7-20-16)10-12-8-13(17)11-14(18)9-12/h3,6-9,11,15,19H,2,4-5,10H2,1H3. The quantitative estimate of drug-likeness (QED) is 0.808. The molecule has 108 valence electrons. The molecule has 0 aliphatic heterocycles. The lowest BCUT2D eigenvalue weighted by atomic mass is 10.0. The van der Waals surface area contributed by atoms with Crippen molar-refractivity contribution in [2.24, 2.45) is 0 Å². The van der Waals surface area contributed by atoms with Crippen LogP contribution in [-0.4, -0.2) is 13.1 Å². The largest absolute Gasteiger partial charge is 0.317 e. The zero-order valence-electron chi connectivity index (χ0n) is 11.5. The van der Waals surface area contributed by atoms with E-state index < -0.39 is 11.6 Å². The maximum absolute atomic E-state index is 13.2. The third kappa shape index (κ3) is 4.69. The van der Waals surface area contributed by atoms with Gasteiger partial charge in [-0.1, -0.05) is 6.07 Å². The van der Waals surface area contributed by atoms with E-state index in [0.29, 0.717) is 12.0 Å². The van der Waals surface area contributed by atoms with Crippen molar-refractivity contribution in [3.63, 3.8) is 0 Å². The normalized spacial score (nSPS) is 12.6. The summed E-state index contributed by atoms with van der Waals surface area (Å²) in [6, 6.07) is 8.18. The van der Waals surface area contributed by atoms with Crippen molar-refractivity contribution in [1.82, 2.24) is 5.32 Å². The van der Waals surface area contributed by atoms with Crippen LogP contribution in [0.2, 0.25) is 0 Å². The van der Waals surface area contributed by atoms with Gasteiger partial charge in [0.05, 0.1) is 0 Å². The lowest BCUT2D eigenvalue weighted by Crippen LogP contribution is -2.27. The Hall–Kier alpha value is -1.26. The van der Waals surface area contributed by atoms with Gasteiger partial charge in [-0.05, 0) is 61.9 Å². The molecule has 1 aromatic heterocycles.